The van der Waals surface area contributed by atoms with Gasteiger partial charge in [0.25, 0.3) is 0 Å². The molecule has 0 radical (unpaired) electrons. The maximum atomic E-state index is 10.2. The smallest absolute Gasteiger partial charge is 0.0657 e. The highest BCUT2D eigenvalue weighted by Crippen LogP contribution is 2.49. The fraction of sp³-hybridized carbons (Fsp3) is 0.273. The predicted molar refractivity (Wildman–Crippen MR) is 109 cm³/mol. The second-order valence-corrected chi connectivity index (χ2v) is 8.85. The summed E-state index contributed by atoms with van der Waals surface area (Å²) in [5, 5.41) is 14.1. The first-order chi connectivity index (χ1) is 12.1. The summed E-state index contributed by atoms with van der Waals surface area (Å²) >= 11 is 0. The van der Waals surface area contributed by atoms with Crippen molar-refractivity contribution in [2.75, 3.05) is 20.7 Å². The number of allylic oxidation sites excluding steroid dienone is 2. The van der Waals surface area contributed by atoms with Crippen LogP contribution < -0.4 is 10.6 Å². The van der Waals surface area contributed by atoms with Crippen LogP contribution in [0.1, 0.15) is 6.92 Å². The van der Waals surface area contributed by atoms with Crippen LogP contribution in [0, 0.1) is 5.92 Å². The molecule has 2 unspecified atom stereocenters. The second kappa shape index (κ2) is 8.10. The Hall–Kier alpha value is -1.73. The maximum absolute atomic E-state index is 10.2. The van der Waals surface area contributed by atoms with Crippen LogP contribution in [-0.4, -0.2) is 36.8 Å². The minimum atomic E-state index is -0.654. The minimum Gasteiger partial charge on any atom is -0.392 e. The molecule has 1 N–H and O–H groups in total. The quantitative estimate of drug-likeness (QED) is 0.805. The van der Waals surface area contributed by atoms with Gasteiger partial charge in [-0.05, 0) is 50.4 Å². The van der Waals surface area contributed by atoms with Crippen LogP contribution in [0.5, 0.6) is 0 Å². The third-order valence-corrected chi connectivity index (χ3v) is 7.51. The van der Waals surface area contributed by atoms with Crippen LogP contribution in [0.2, 0.25) is 0 Å². The summed E-state index contributed by atoms with van der Waals surface area (Å²) in [5.41, 5.74) is 1.17. The van der Waals surface area contributed by atoms with Crippen molar-refractivity contribution in [1.82, 2.24) is 4.90 Å². The summed E-state index contributed by atoms with van der Waals surface area (Å²) in [7, 11) is 3.55. The van der Waals surface area contributed by atoms with Crippen molar-refractivity contribution in [3.8, 4) is 0 Å². The Balaban J connectivity index is 2.10. The molecule has 3 rings (SSSR count). The van der Waals surface area contributed by atoms with Gasteiger partial charge in [0.2, 0.25) is 0 Å². The van der Waals surface area contributed by atoms with Gasteiger partial charge < -0.3 is 10.0 Å². The van der Waals surface area contributed by atoms with E-state index in [0.29, 0.717) is 6.04 Å². The van der Waals surface area contributed by atoms with Crippen molar-refractivity contribution in [3.05, 3.63) is 83.7 Å². The lowest BCUT2D eigenvalue weighted by Gasteiger charge is -2.28. The van der Waals surface area contributed by atoms with Gasteiger partial charge >= 0.3 is 0 Å². The summed E-state index contributed by atoms with van der Waals surface area (Å²) in [5.74, 6) is 0.271. The highest BCUT2D eigenvalue weighted by molar-refractivity contribution is 7.77. The van der Waals surface area contributed by atoms with E-state index in [-0.39, 0.29) is 12.5 Å². The highest BCUT2D eigenvalue weighted by Gasteiger charge is 2.30. The summed E-state index contributed by atoms with van der Waals surface area (Å²) in [6.45, 7) is 2.34. The number of aliphatic hydroxyl groups excluding tert-OH is 1. The Morgan fingerprint density at radius 1 is 0.960 bits per heavy atom. The molecule has 25 heavy (non-hydrogen) atoms. The molecule has 0 aromatic heterocycles. The summed E-state index contributed by atoms with van der Waals surface area (Å²) in [4.78, 5) is 2.22. The highest BCUT2D eigenvalue weighted by atomic mass is 31.1. The molecule has 0 spiro atoms. The van der Waals surface area contributed by atoms with Gasteiger partial charge in [0, 0.05) is 12.0 Å². The van der Waals surface area contributed by atoms with Crippen molar-refractivity contribution in [2.45, 2.75) is 13.0 Å². The Bertz CT molecular complexity index is 713. The third kappa shape index (κ3) is 3.77. The van der Waals surface area contributed by atoms with Gasteiger partial charge in [-0.2, -0.15) is 0 Å². The Labute approximate surface area is 152 Å². The molecule has 0 heterocycles. The van der Waals surface area contributed by atoms with E-state index >= 15 is 0 Å². The first-order valence-electron chi connectivity index (χ1n) is 8.72. The molecule has 3 heteroatoms. The molecule has 2 atom stereocenters. The van der Waals surface area contributed by atoms with Crippen LogP contribution in [0.3, 0.4) is 0 Å². The van der Waals surface area contributed by atoms with E-state index < -0.39 is 7.92 Å². The van der Waals surface area contributed by atoms with E-state index in [9.17, 15) is 5.11 Å². The van der Waals surface area contributed by atoms with Crippen molar-refractivity contribution >= 4 is 18.5 Å². The molecule has 0 saturated carbocycles. The van der Waals surface area contributed by atoms with Gasteiger partial charge in [0.1, 0.15) is 0 Å². The zero-order chi connectivity index (χ0) is 17.8. The van der Waals surface area contributed by atoms with Gasteiger partial charge in [0.05, 0.1) is 6.61 Å². The van der Waals surface area contributed by atoms with E-state index in [1.165, 1.54) is 21.5 Å². The number of hydrogen-bond acceptors (Lipinski definition) is 2. The standard InChI is InChI=1S/C22H26NOP/c1-17(23(2)3)20-14-15-22(21(20)16-24)25(18-10-6-4-7-11-18)19-12-8-5-9-13-19/h4-15,17,20,24H,16H2,1-3H3. The zero-order valence-corrected chi connectivity index (χ0v) is 16.0. The summed E-state index contributed by atoms with van der Waals surface area (Å²) in [6, 6.07) is 21.7. The Kier molecular flexibility index (Phi) is 5.86. The molecule has 1 aliphatic rings. The van der Waals surface area contributed by atoms with Gasteiger partial charge in [-0.25, -0.2) is 0 Å². The average molecular weight is 351 g/mol. The fourth-order valence-electron chi connectivity index (χ4n) is 3.35. The monoisotopic (exact) mass is 351 g/mol. The van der Waals surface area contributed by atoms with Crippen LogP contribution in [-0.2, 0) is 0 Å². The molecule has 0 fully saturated rings. The maximum Gasteiger partial charge on any atom is 0.0657 e. The molecule has 2 nitrogen and oxygen atoms in total. The first kappa shape index (κ1) is 18.1. The average Bonchev–Trinajstić information content (AvgIpc) is 3.06. The number of hydrogen-bond donors (Lipinski definition) is 1. The molecule has 0 aliphatic heterocycles. The molecule has 2 aromatic rings. The van der Waals surface area contributed by atoms with Crippen molar-refractivity contribution in [1.29, 1.82) is 0 Å². The van der Waals surface area contributed by atoms with Crippen molar-refractivity contribution in [2.24, 2.45) is 5.92 Å². The molecule has 0 bridgehead atoms. The summed E-state index contributed by atoms with van der Waals surface area (Å²) in [6.07, 6.45) is 4.52. The lowest BCUT2D eigenvalue weighted by molar-refractivity contribution is 0.253. The lowest BCUT2D eigenvalue weighted by atomic mass is 9.95. The number of nitrogens with zero attached hydrogens (tertiary/aromatic N) is 1. The number of rotatable bonds is 6. The first-order valence-corrected chi connectivity index (χ1v) is 10.1. The van der Waals surface area contributed by atoms with E-state index in [0.717, 1.165) is 0 Å². The largest absolute Gasteiger partial charge is 0.392 e. The third-order valence-electron chi connectivity index (χ3n) is 4.97. The molecule has 0 saturated heterocycles. The molecular weight excluding hydrogens is 325 g/mol. The minimum absolute atomic E-state index is 0.115. The van der Waals surface area contributed by atoms with E-state index in [1.54, 1.807) is 0 Å². The van der Waals surface area contributed by atoms with E-state index in [2.05, 4.69) is 98.7 Å². The van der Waals surface area contributed by atoms with E-state index in [1.807, 2.05) is 0 Å². The molecule has 0 amide bonds. The van der Waals surface area contributed by atoms with Crippen LogP contribution in [0.15, 0.2) is 83.7 Å². The van der Waals surface area contributed by atoms with Gasteiger partial charge in [-0.15, -0.1) is 0 Å². The summed E-state index contributed by atoms with van der Waals surface area (Å²) < 4.78 is 0. The van der Waals surface area contributed by atoms with E-state index in [4.69, 9.17) is 0 Å². The number of aliphatic hydroxyl groups is 1. The molecule has 1 aliphatic carbocycles. The fourth-order valence-corrected chi connectivity index (χ4v) is 5.89. The van der Waals surface area contributed by atoms with Crippen LogP contribution in [0.25, 0.3) is 0 Å². The van der Waals surface area contributed by atoms with Crippen molar-refractivity contribution < 1.29 is 5.11 Å². The SMILES string of the molecule is CC(C1C=CC(P(c2ccccc2)c2ccccc2)=C1CO)N(C)C. The van der Waals surface area contributed by atoms with Gasteiger partial charge in [-0.3, -0.25) is 0 Å². The topological polar surface area (TPSA) is 23.5 Å². The zero-order valence-electron chi connectivity index (χ0n) is 15.1. The molecule has 2 aromatic carbocycles. The predicted octanol–water partition coefficient (Wildman–Crippen LogP) is 3.50. The van der Waals surface area contributed by atoms with Crippen molar-refractivity contribution in [3.63, 3.8) is 0 Å². The van der Waals surface area contributed by atoms with Crippen LogP contribution in [0.4, 0.5) is 0 Å². The van der Waals surface area contributed by atoms with Gasteiger partial charge in [0.15, 0.2) is 0 Å². The van der Waals surface area contributed by atoms with Crippen LogP contribution >= 0.6 is 7.92 Å². The normalized spacial score (nSPS) is 18.4. The van der Waals surface area contributed by atoms with Gasteiger partial charge in [-0.1, -0.05) is 72.8 Å². The Morgan fingerprint density at radius 2 is 1.48 bits per heavy atom. The molecular formula is C22H26NOP. The number of benzene rings is 2. The molecule has 130 valence electrons. The lowest BCUT2D eigenvalue weighted by Crippen LogP contribution is -2.32. The Morgan fingerprint density at radius 3 is 1.92 bits per heavy atom. The second-order valence-electron chi connectivity index (χ2n) is 6.66.